The van der Waals surface area contributed by atoms with E-state index >= 15 is 0 Å². The first kappa shape index (κ1) is 38.9. The first-order valence-corrected chi connectivity index (χ1v) is 18.8. The van der Waals surface area contributed by atoms with Crippen LogP contribution in [0.3, 0.4) is 0 Å². The minimum atomic E-state index is -0.702. The Kier molecular flexibility index (Phi) is 13.1. The molecule has 2 aliphatic carbocycles. The summed E-state index contributed by atoms with van der Waals surface area (Å²) in [4.78, 5) is 37.2. The average molecular weight is 783 g/mol. The molecule has 282 valence electrons. The monoisotopic (exact) mass is 781 g/mol. The molecule has 6 rings (SSSR count). The van der Waals surface area contributed by atoms with Crippen LogP contribution in [-0.4, -0.2) is 52.8 Å². The second kappa shape index (κ2) is 17.5. The number of anilines is 2. The molecule has 0 radical (unpaired) electrons. The summed E-state index contributed by atoms with van der Waals surface area (Å²) in [6.45, 7) is 5.36. The van der Waals surface area contributed by atoms with Crippen LogP contribution in [0.25, 0.3) is 22.4 Å². The first-order chi connectivity index (χ1) is 24.8. The molecule has 2 atom stereocenters. The van der Waals surface area contributed by atoms with Crippen LogP contribution >= 0.6 is 15.9 Å². The van der Waals surface area contributed by atoms with Gasteiger partial charge < -0.3 is 45.7 Å². The predicted octanol–water partition coefficient (Wildman–Crippen LogP) is 8.26. The summed E-state index contributed by atoms with van der Waals surface area (Å²) in [5.41, 5.74) is 15.3. The number of fused-ring (bicyclic) bond motifs is 1. The molecule has 52 heavy (non-hydrogen) atoms. The van der Waals surface area contributed by atoms with Gasteiger partial charge in [0.15, 0.2) is 12.2 Å². The Labute approximate surface area is 313 Å². The van der Waals surface area contributed by atoms with E-state index in [0.717, 1.165) is 60.4 Å². The first-order valence-electron chi connectivity index (χ1n) is 18.0. The highest BCUT2D eigenvalue weighted by molar-refractivity contribution is 9.10. The topological polar surface area (TPSA) is 193 Å². The van der Waals surface area contributed by atoms with Gasteiger partial charge in [-0.2, -0.15) is 0 Å². The lowest BCUT2D eigenvalue weighted by molar-refractivity contribution is -0.118. The van der Waals surface area contributed by atoms with Crippen LogP contribution in [0.5, 0.6) is 11.5 Å². The molecule has 2 unspecified atom stereocenters. The number of ether oxygens (including phenoxy) is 3. The van der Waals surface area contributed by atoms with Gasteiger partial charge in [0.25, 0.3) is 0 Å². The number of benzene rings is 2. The maximum absolute atomic E-state index is 12.9. The van der Waals surface area contributed by atoms with Crippen molar-refractivity contribution in [3.8, 4) is 22.8 Å². The number of oxazole rings is 1. The van der Waals surface area contributed by atoms with E-state index in [2.05, 4.69) is 41.5 Å². The van der Waals surface area contributed by atoms with Gasteiger partial charge in [-0.1, -0.05) is 51.4 Å². The van der Waals surface area contributed by atoms with Crippen LogP contribution in [0, 0.1) is 11.8 Å². The second-order valence-corrected chi connectivity index (χ2v) is 15.6. The molecule has 4 aromatic rings. The maximum Gasteiger partial charge on any atom is 0.408 e. The Bertz CT molecular complexity index is 1790. The minimum Gasteiger partial charge on any atom is -0.496 e. The zero-order valence-electron chi connectivity index (χ0n) is 30.7. The van der Waals surface area contributed by atoms with Crippen molar-refractivity contribution >= 4 is 50.3 Å². The molecule has 2 fully saturated rings. The Hall–Kier alpha value is -4.30. The molecule has 0 aliphatic heterocycles. The molecule has 0 spiro atoms. The highest BCUT2D eigenvalue weighted by Crippen LogP contribution is 2.36. The Balaban J connectivity index is 0.000000203. The van der Waals surface area contributed by atoms with E-state index in [1.165, 1.54) is 39.2 Å². The maximum atomic E-state index is 12.9. The fourth-order valence-electron chi connectivity index (χ4n) is 6.97. The average Bonchev–Trinajstić information content (AvgIpc) is 3.93. The van der Waals surface area contributed by atoms with E-state index in [9.17, 15) is 9.59 Å². The number of hydrogen-bond donors (Lipinski definition) is 5. The number of methoxy groups -OCH3 is 2. The van der Waals surface area contributed by atoms with Crippen molar-refractivity contribution in [3.05, 3.63) is 47.2 Å². The molecule has 7 N–H and O–H groups in total. The summed E-state index contributed by atoms with van der Waals surface area (Å²) in [7, 11) is 3.18. The zero-order valence-corrected chi connectivity index (χ0v) is 32.3. The van der Waals surface area contributed by atoms with E-state index in [-0.39, 0.29) is 11.9 Å². The van der Waals surface area contributed by atoms with Crippen molar-refractivity contribution in [1.82, 2.24) is 20.3 Å². The number of nitrogens with two attached hydrogens (primary N) is 2. The van der Waals surface area contributed by atoms with Crippen LogP contribution in [-0.2, 0) is 9.53 Å². The molecule has 2 aromatic heterocycles. The lowest BCUT2D eigenvalue weighted by Gasteiger charge is -2.25. The van der Waals surface area contributed by atoms with Crippen LogP contribution < -0.4 is 31.6 Å². The van der Waals surface area contributed by atoms with Crippen molar-refractivity contribution < 1.29 is 28.2 Å². The van der Waals surface area contributed by atoms with Crippen molar-refractivity contribution in [2.45, 2.75) is 103 Å². The minimum absolute atomic E-state index is 0.0553. The fourth-order valence-corrected chi connectivity index (χ4v) is 7.50. The number of H-pyrrole nitrogens is 1. The van der Waals surface area contributed by atoms with Crippen molar-refractivity contribution in [1.29, 1.82) is 0 Å². The van der Waals surface area contributed by atoms with Crippen molar-refractivity contribution in [2.24, 2.45) is 17.6 Å². The summed E-state index contributed by atoms with van der Waals surface area (Å²) in [5.74, 6) is 3.58. The van der Waals surface area contributed by atoms with E-state index < -0.39 is 17.7 Å². The van der Waals surface area contributed by atoms with Crippen LogP contribution in [0.2, 0.25) is 0 Å². The molecule has 0 bridgehead atoms. The molecule has 2 saturated carbocycles. The number of hydrogen-bond acceptors (Lipinski definition) is 10. The SMILES string of the molecule is COc1cc(NC(=O)C(CC2CCCC2)NC(=O)OC(C)(C)C)c(N)cc1Br.COc1cc2nc(C(N)CC3CCCC3)[nH]c2cc1-c1cnco1. The summed E-state index contributed by atoms with van der Waals surface area (Å²) in [6, 6.07) is 6.45. The molecule has 2 amide bonds. The second-order valence-electron chi connectivity index (χ2n) is 14.7. The van der Waals surface area contributed by atoms with Gasteiger partial charge >= 0.3 is 6.09 Å². The fraction of sp³-hybridized carbons (Fsp3) is 0.526. The normalized spacial score (nSPS) is 16.2. The molecule has 2 heterocycles. The van der Waals surface area contributed by atoms with Gasteiger partial charge in [0, 0.05) is 12.1 Å². The van der Waals surface area contributed by atoms with Gasteiger partial charge in [-0.3, -0.25) is 4.79 Å². The number of imidazole rings is 1. The number of nitrogens with one attached hydrogen (secondary N) is 3. The number of nitrogen functional groups attached to an aromatic ring is 1. The summed E-state index contributed by atoms with van der Waals surface area (Å²) >= 11 is 3.36. The van der Waals surface area contributed by atoms with Gasteiger partial charge in [-0.25, -0.2) is 14.8 Å². The summed E-state index contributed by atoms with van der Waals surface area (Å²) in [6.07, 6.45) is 13.7. The third kappa shape index (κ3) is 10.4. The van der Waals surface area contributed by atoms with Crippen molar-refractivity contribution in [2.75, 3.05) is 25.3 Å². The van der Waals surface area contributed by atoms with Crippen molar-refractivity contribution in [3.63, 3.8) is 0 Å². The number of rotatable bonds is 11. The van der Waals surface area contributed by atoms with Gasteiger partial charge in [0.1, 0.15) is 29.0 Å². The number of halogens is 1. The highest BCUT2D eigenvalue weighted by atomic mass is 79.9. The largest absolute Gasteiger partial charge is 0.496 e. The van der Waals surface area contributed by atoms with Gasteiger partial charge in [0.05, 0.1) is 58.9 Å². The Morgan fingerprint density at radius 3 is 2.25 bits per heavy atom. The number of aromatic amines is 1. The molecule has 2 aliphatic rings. The van der Waals surface area contributed by atoms with E-state index in [4.69, 9.17) is 30.1 Å². The Morgan fingerprint density at radius 2 is 1.65 bits per heavy atom. The van der Waals surface area contributed by atoms with E-state index in [0.29, 0.717) is 45.4 Å². The molecule has 14 heteroatoms. The van der Waals surface area contributed by atoms with Gasteiger partial charge in [0.2, 0.25) is 5.91 Å². The number of alkyl carbamates (subject to hydrolysis) is 1. The predicted molar refractivity (Wildman–Crippen MR) is 205 cm³/mol. The third-order valence-corrected chi connectivity index (χ3v) is 10.2. The van der Waals surface area contributed by atoms with E-state index in [1.54, 1.807) is 46.2 Å². The number of carbonyl (C=O) groups is 2. The zero-order chi connectivity index (χ0) is 37.4. The number of amides is 2. The highest BCUT2D eigenvalue weighted by Gasteiger charge is 2.29. The standard InChI is InChI=1S/C20H30BrN3O4.C18H22N4O2/c1-20(2,3)28-19(26)24-16(9-12-7-5-6-8-12)18(25)23-15-11-17(27-4)13(21)10-14(15)22;1-23-16-8-15-14(7-12(16)17-9-20-10-24-17)21-18(22-15)13(19)6-11-4-2-3-5-11/h10-12,16H,5-9,22H2,1-4H3,(H,23,25)(H,24,26);7-11,13H,2-6,19H2,1H3,(H,21,22). The van der Waals surface area contributed by atoms with Crippen LogP contribution in [0.1, 0.15) is 96.8 Å². The Morgan fingerprint density at radius 1 is 1.00 bits per heavy atom. The molecule has 13 nitrogen and oxygen atoms in total. The smallest absolute Gasteiger partial charge is 0.408 e. The third-order valence-electron chi connectivity index (χ3n) is 9.57. The lowest BCUT2D eigenvalue weighted by Crippen LogP contribution is -2.46. The molecule has 0 saturated heterocycles. The quantitative estimate of drug-likeness (QED) is 0.0926. The van der Waals surface area contributed by atoms with E-state index in [1.807, 2.05) is 12.1 Å². The number of nitrogens with zero attached hydrogens (tertiary/aromatic N) is 2. The lowest BCUT2D eigenvalue weighted by atomic mass is 9.98. The summed E-state index contributed by atoms with van der Waals surface area (Å²) < 4.78 is 22.2. The van der Waals surface area contributed by atoms with Gasteiger partial charge in [-0.05, 0) is 73.5 Å². The molecular formula is C38H52BrN7O6. The van der Waals surface area contributed by atoms with Crippen LogP contribution in [0.15, 0.2) is 45.7 Å². The summed E-state index contributed by atoms with van der Waals surface area (Å²) in [5, 5.41) is 5.54. The van der Waals surface area contributed by atoms with Crippen LogP contribution in [0.4, 0.5) is 16.2 Å². The molecule has 2 aromatic carbocycles. The van der Waals surface area contributed by atoms with Gasteiger partial charge in [-0.15, -0.1) is 0 Å². The molecular weight excluding hydrogens is 730 g/mol. The number of aromatic nitrogens is 3. The number of carbonyl (C=O) groups excluding carboxylic acids is 2.